The molecule has 0 radical (unpaired) electrons. The highest BCUT2D eigenvalue weighted by Crippen LogP contribution is 2.19. The molecular weight excluding hydrogens is 488 g/mol. The molecule has 2 heterocycles. The number of carbonyl (C=O) groups is 5. The van der Waals surface area contributed by atoms with Crippen molar-refractivity contribution in [1.29, 1.82) is 0 Å². The quantitative estimate of drug-likeness (QED) is 0.0671. The van der Waals surface area contributed by atoms with Gasteiger partial charge in [-0.15, -0.1) is 0 Å². The number of aliphatic carboxylic acids is 1. The summed E-state index contributed by atoms with van der Waals surface area (Å²) in [6, 6.07) is -4.60. The topological polar surface area (TPSA) is 278 Å². The molecule has 4 atom stereocenters. The zero-order valence-electron chi connectivity index (χ0n) is 20.3. The second-order valence-corrected chi connectivity index (χ2v) is 8.66. The highest BCUT2D eigenvalue weighted by atomic mass is 16.4. The van der Waals surface area contributed by atoms with Crippen molar-refractivity contribution in [1.82, 2.24) is 25.5 Å². The molecule has 37 heavy (non-hydrogen) atoms. The Hall–Kier alpha value is -4.21. The number of rotatable bonds is 14. The molecule has 0 spiro atoms. The number of carboxylic acid groups (broad SMARTS) is 1. The summed E-state index contributed by atoms with van der Waals surface area (Å²) >= 11 is 0. The molecule has 2 rings (SSSR count). The van der Waals surface area contributed by atoms with Gasteiger partial charge in [0.2, 0.25) is 23.6 Å². The van der Waals surface area contributed by atoms with Crippen LogP contribution in [0.3, 0.4) is 0 Å². The van der Waals surface area contributed by atoms with Crippen molar-refractivity contribution in [3.8, 4) is 0 Å². The molecule has 1 aromatic rings. The van der Waals surface area contributed by atoms with Gasteiger partial charge >= 0.3 is 5.97 Å². The Kier molecular flexibility index (Phi) is 10.8. The summed E-state index contributed by atoms with van der Waals surface area (Å²) in [4.78, 5) is 73.7. The third-order valence-corrected chi connectivity index (χ3v) is 5.75. The third-order valence-electron chi connectivity index (χ3n) is 5.75. The fourth-order valence-corrected chi connectivity index (χ4v) is 3.94. The fourth-order valence-electron chi connectivity index (χ4n) is 3.94. The van der Waals surface area contributed by atoms with E-state index in [1.54, 1.807) is 0 Å². The van der Waals surface area contributed by atoms with Crippen LogP contribution in [-0.2, 0) is 30.4 Å². The number of aromatic amines is 1. The Morgan fingerprint density at radius 3 is 2.46 bits per heavy atom. The number of H-pyrrole nitrogens is 1. The highest BCUT2D eigenvalue weighted by molar-refractivity contribution is 5.95. The Labute approximate surface area is 212 Å². The molecular formula is C21H34N10O6. The number of carbonyl (C=O) groups excluding carboxylic acids is 4. The molecule has 12 N–H and O–H groups in total. The third kappa shape index (κ3) is 9.06. The van der Waals surface area contributed by atoms with Gasteiger partial charge in [0.1, 0.15) is 18.1 Å². The first kappa shape index (κ1) is 29.0. The van der Waals surface area contributed by atoms with Crippen molar-refractivity contribution >= 4 is 35.6 Å². The number of nitrogens with one attached hydrogen (secondary N) is 3. The summed E-state index contributed by atoms with van der Waals surface area (Å²) in [7, 11) is 0. The number of amides is 4. The van der Waals surface area contributed by atoms with Gasteiger partial charge in [0, 0.05) is 31.4 Å². The van der Waals surface area contributed by atoms with Crippen LogP contribution in [0.15, 0.2) is 17.5 Å². The number of nitrogens with two attached hydrogens (primary N) is 4. The minimum atomic E-state index is -1.28. The molecule has 0 bridgehead atoms. The Morgan fingerprint density at radius 2 is 1.86 bits per heavy atom. The predicted molar refractivity (Wildman–Crippen MR) is 130 cm³/mol. The van der Waals surface area contributed by atoms with Crippen molar-refractivity contribution in [2.45, 2.75) is 62.7 Å². The number of hydrogen-bond donors (Lipinski definition) is 8. The van der Waals surface area contributed by atoms with Crippen molar-refractivity contribution in [3.63, 3.8) is 0 Å². The largest absolute Gasteiger partial charge is 0.480 e. The van der Waals surface area contributed by atoms with E-state index in [0.717, 1.165) is 0 Å². The van der Waals surface area contributed by atoms with Crippen molar-refractivity contribution in [2.24, 2.45) is 27.9 Å². The van der Waals surface area contributed by atoms with Crippen LogP contribution in [0.5, 0.6) is 0 Å². The van der Waals surface area contributed by atoms with Crippen LogP contribution >= 0.6 is 0 Å². The van der Waals surface area contributed by atoms with E-state index < -0.39 is 60.2 Å². The molecule has 16 nitrogen and oxygen atoms in total. The highest BCUT2D eigenvalue weighted by Gasteiger charge is 2.38. The van der Waals surface area contributed by atoms with Gasteiger partial charge in [-0.05, 0) is 25.7 Å². The molecule has 1 aromatic heterocycles. The molecule has 0 saturated carbocycles. The van der Waals surface area contributed by atoms with Crippen molar-refractivity contribution in [2.75, 3.05) is 13.1 Å². The van der Waals surface area contributed by atoms with E-state index in [0.29, 0.717) is 18.5 Å². The lowest BCUT2D eigenvalue weighted by molar-refractivity contribution is -0.149. The molecule has 0 aromatic carbocycles. The van der Waals surface area contributed by atoms with Crippen LogP contribution in [0.4, 0.5) is 0 Å². The standard InChI is InChI=1S/C21H34N10O6/c22-12(8-16(23)32)17(33)29-13(3-1-5-27-21(24)25)18(34)30-14(7-11-9-26-10-28-11)19(35)31-6-2-4-15(31)20(36)37/h9-10,12-15H,1-8,22H2,(H2,23,32)(H,26,28)(H,29,33)(H,30,34)(H,36,37)(H4,24,25,27). The number of guanidine groups is 1. The van der Waals surface area contributed by atoms with Crippen LogP contribution in [0.2, 0.25) is 0 Å². The Bertz CT molecular complexity index is 994. The lowest BCUT2D eigenvalue weighted by atomic mass is 10.1. The van der Waals surface area contributed by atoms with E-state index in [1.165, 1.54) is 17.4 Å². The van der Waals surface area contributed by atoms with Crippen LogP contribution in [0, 0.1) is 0 Å². The summed E-state index contributed by atoms with van der Waals surface area (Å²) in [5.74, 6) is -4.15. The minimum absolute atomic E-state index is 0.00324. The van der Waals surface area contributed by atoms with Crippen LogP contribution in [0.25, 0.3) is 0 Å². The molecule has 4 unspecified atom stereocenters. The summed E-state index contributed by atoms with van der Waals surface area (Å²) < 4.78 is 0. The van der Waals surface area contributed by atoms with Gasteiger partial charge in [-0.1, -0.05) is 0 Å². The van der Waals surface area contributed by atoms with Gasteiger partial charge in [0.05, 0.1) is 18.8 Å². The van der Waals surface area contributed by atoms with Gasteiger partial charge in [-0.3, -0.25) is 24.2 Å². The maximum atomic E-state index is 13.3. The van der Waals surface area contributed by atoms with E-state index in [-0.39, 0.29) is 38.3 Å². The van der Waals surface area contributed by atoms with Crippen molar-refractivity contribution in [3.05, 3.63) is 18.2 Å². The predicted octanol–water partition coefficient (Wildman–Crippen LogP) is -3.75. The van der Waals surface area contributed by atoms with E-state index >= 15 is 0 Å². The average molecular weight is 523 g/mol. The van der Waals surface area contributed by atoms with Gasteiger partial charge in [0.25, 0.3) is 0 Å². The maximum absolute atomic E-state index is 13.3. The van der Waals surface area contributed by atoms with Crippen molar-refractivity contribution < 1.29 is 29.1 Å². The van der Waals surface area contributed by atoms with E-state index in [4.69, 9.17) is 22.9 Å². The normalized spacial score (nSPS) is 17.3. The molecule has 1 aliphatic heterocycles. The van der Waals surface area contributed by atoms with E-state index in [1.807, 2.05) is 0 Å². The van der Waals surface area contributed by atoms with E-state index in [9.17, 15) is 29.1 Å². The van der Waals surface area contributed by atoms with Gasteiger partial charge in [-0.25, -0.2) is 9.78 Å². The van der Waals surface area contributed by atoms with E-state index in [2.05, 4.69) is 25.6 Å². The first-order chi connectivity index (χ1) is 17.5. The lowest BCUT2D eigenvalue weighted by Crippen LogP contribution is -2.57. The first-order valence-electron chi connectivity index (χ1n) is 11.7. The monoisotopic (exact) mass is 522 g/mol. The summed E-state index contributed by atoms with van der Waals surface area (Å²) in [5, 5.41) is 14.6. The number of nitrogens with zero attached hydrogens (tertiary/aromatic N) is 3. The number of carboxylic acids is 1. The summed E-state index contributed by atoms with van der Waals surface area (Å²) in [6.45, 7) is 0.395. The Morgan fingerprint density at radius 1 is 1.16 bits per heavy atom. The van der Waals surface area contributed by atoms with Gasteiger partial charge in [0.15, 0.2) is 5.96 Å². The SMILES string of the molecule is NC(=O)CC(N)C(=O)NC(CCCN=C(N)N)C(=O)NC(Cc1cnc[nH]1)C(=O)N1CCCC1C(=O)O. The van der Waals surface area contributed by atoms with Crippen LogP contribution in [0.1, 0.15) is 37.8 Å². The molecule has 4 amide bonds. The van der Waals surface area contributed by atoms with Crippen LogP contribution < -0.4 is 33.6 Å². The molecule has 204 valence electrons. The molecule has 1 fully saturated rings. The number of primary amides is 1. The molecule has 0 aliphatic carbocycles. The van der Waals surface area contributed by atoms with Crippen LogP contribution in [-0.4, -0.2) is 92.8 Å². The van der Waals surface area contributed by atoms with Gasteiger partial charge < -0.3 is 48.6 Å². The summed E-state index contributed by atoms with van der Waals surface area (Å²) in [5.41, 5.74) is 22.0. The smallest absolute Gasteiger partial charge is 0.326 e. The maximum Gasteiger partial charge on any atom is 0.326 e. The molecule has 16 heteroatoms. The minimum Gasteiger partial charge on any atom is -0.480 e. The second kappa shape index (κ2) is 13.8. The lowest BCUT2D eigenvalue weighted by Gasteiger charge is -2.28. The molecule has 1 aliphatic rings. The average Bonchev–Trinajstić information content (AvgIpc) is 3.51. The van der Waals surface area contributed by atoms with Gasteiger partial charge in [-0.2, -0.15) is 0 Å². The fraction of sp³-hybridized carbons (Fsp3) is 0.571. The second-order valence-electron chi connectivity index (χ2n) is 8.66. The molecule has 1 saturated heterocycles. The number of aromatic nitrogens is 2. The first-order valence-corrected chi connectivity index (χ1v) is 11.7. The number of hydrogen-bond acceptors (Lipinski definition) is 8. The summed E-state index contributed by atoms with van der Waals surface area (Å²) in [6.07, 6.45) is 3.62. The number of imidazole rings is 1. The number of likely N-dealkylation sites (tertiary alicyclic amines) is 1. The number of aliphatic imine (C=N–C) groups is 1. The Balaban J connectivity index is 2.22. The zero-order chi connectivity index (χ0) is 27.5. The zero-order valence-corrected chi connectivity index (χ0v) is 20.3.